The molecule has 6 heteroatoms. The summed E-state index contributed by atoms with van der Waals surface area (Å²) in [4.78, 5) is 15.8. The minimum atomic E-state index is -0.565. The molecule has 0 saturated heterocycles. The first-order chi connectivity index (χ1) is 8.08. The SMILES string of the molecule is Cc1nc(C(=O)Oc2c(Cl)cccc2Cl)cs1. The monoisotopic (exact) mass is 287 g/mol. The van der Waals surface area contributed by atoms with Crippen molar-refractivity contribution in [1.29, 1.82) is 0 Å². The summed E-state index contributed by atoms with van der Waals surface area (Å²) in [5.41, 5.74) is 0.253. The van der Waals surface area contributed by atoms with Crippen LogP contribution < -0.4 is 4.74 Å². The van der Waals surface area contributed by atoms with Crippen LogP contribution in [0.3, 0.4) is 0 Å². The molecule has 2 rings (SSSR count). The zero-order chi connectivity index (χ0) is 12.4. The molecule has 0 saturated carbocycles. The second-order valence-electron chi connectivity index (χ2n) is 3.19. The van der Waals surface area contributed by atoms with Gasteiger partial charge >= 0.3 is 5.97 Å². The normalized spacial score (nSPS) is 10.3. The molecule has 0 atom stereocenters. The van der Waals surface area contributed by atoms with Crippen LogP contribution in [0.15, 0.2) is 23.6 Å². The van der Waals surface area contributed by atoms with E-state index in [0.29, 0.717) is 0 Å². The van der Waals surface area contributed by atoms with Gasteiger partial charge < -0.3 is 4.74 Å². The van der Waals surface area contributed by atoms with Gasteiger partial charge in [0.25, 0.3) is 0 Å². The Labute approximate surface area is 112 Å². The Hall–Kier alpha value is -1.10. The maximum Gasteiger partial charge on any atom is 0.363 e. The number of hydrogen-bond donors (Lipinski definition) is 0. The summed E-state index contributed by atoms with van der Waals surface area (Å²) in [6.07, 6.45) is 0. The average molecular weight is 288 g/mol. The van der Waals surface area contributed by atoms with Crippen molar-refractivity contribution < 1.29 is 9.53 Å². The van der Waals surface area contributed by atoms with E-state index in [1.165, 1.54) is 11.3 Å². The molecule has 0 spiro atoms. The molecule has 0 aliphatic rings. The summed E-state index contributed by atoms with van der Waals surface area (Å²) >= 11 is 13.1. The second kappa shape index (κ2) is 5.04. The van der Waals surface area contributed by atoms with Crippen molar-refractivity contribution >= 4 is 40.5 Å². The van der Waals surface area contributed by atoms with E-state index in [0.717, 1.165) is 5.01 Å². The zero-order valence-corrected chi connectivity index (χ0v) is 11.1. The van der Waals surface area contributed by atoms with Crippen LogP contribution >= 0.6 is 34.5 Å². The Bertz CT molecular complexity index is 548. The van der Waals surface area contributed by atoms with Crippen molar-refractivity contribution in [3.63, 3.8) is 0 Å². The molecule has 0 bridgehead atoms. The summed E-state index contributed by atoms with van der Waals surface area (Å²) in [6, 6.07) is 4.87. The van der Waals surface area contributed by atoms with E-state index in [-0.39, 0.29) is 21.5 Å². The molecule has 1 aromatic heterocycles. The topological polar surface area (TPSA) is 39.2 Å². The highest BCUT2D eigenvalue weighted by molar-refractivity contribution is 7.09. The lowest BCUT2D eigenvalue weighted by Crippen LogP contribution is -2.09. The van der Waals surface area contributed by atoms with Gasteiger partial charge in [0.05, 0.1) is 15.1 Å². The molecule has 0 unspecified atom stereocenters. The Kier molecular flexibility index (Phi) is 3.66. The fourth-order valence-corrected chi connectivity index (χ4v) is 2.24. The summed E-state index contributed by atoms with van der Waals surface area (Å²) in [6.45, 7) is 1.81. The molecule has 17 heavy (non-hydrogen) atoms. The molecule has 0 aliphatic heterocycles. The number of nitrogens with zero attached hydrogens (tertiary/aromatic N) is 1. The van der Waals surface area contributed by atoms with E-state index >= 15 is 0 Å². The van der Waals surface area contributed by atoms with Crippen molar-refractivity contribution in [3.8, 4) is 5.75 Å². The first-order valence-corrected chi connectivity index (χ1v) is 6.30. The van der Waals surface area contributed by atoms with Crippen LogP contribution in [0.1, 0.15) is 15.5 Å². The number of carbonyl (C=O) groups excluding carboxylic acids is 1. The van der Waals surface area contributed by atoms with E-state index in [1.807, 2.05) is 6.92 Å². The smallest absolute Gasteiger partial charge is 0.363 e. The third-order valence-corrected chi connectivity index (χ3v) is 3.31. The maximum absolute atomic E-state index is 11.7. The Morgan fingerprint density at radius 2 is 2.00 bits per heavy atom. The summed E-state index contributed by atoms with van der Waals surface area (Å²) in [5.74, 6) is -0.407. The fraction of sp³-hybridized carbons (Fsp3) is 0.0909. The molecule has 0 aliphatic carbocycles. The van der Waals surface area contributed by atoms with Gasteiger partial charge in [-0.1, -0.05) is 29.3 Å². The highest BCUT2D eigenvalue weighted by atomic mass is 35.5. The number of aromatic nitrogens is 1. The Morgan fingerprint density at radius 1 is 1.35 bits per heavy atom. The first-order valence-electron chi connectivity index (χ1n) is 4.66. The maximum atomic E-state index is 11.7. The largest absolute Gasteiger partial charge is 0.419 e. The van der Waals surface area contributed by atoms with Crippen molar-refractivity contribution in [2.45, 2.75) is 6.92 Å². The highest BCUT2D eigenvalue weighted by Crippen LogP contribution is 2.32. The molecule has 0 fully saturated rings. The zero-order valence-electron chi connectivity index (χ0n) is 8.74. The van der Waals surface area contributed by atoms with Crippen LogP contribution in [0.4, 0.5) is 0 Å². The summed E-state index contributed by atoms with van der Waals surface area (Å²) in [7, 11) is 0. The van der Waals surface area contributed by atoms with E-state index < -0.39 is 5.97 Å². The molecule has 0 radical (unpaired) electrons. The summed E-state index contributed by atoms with van der Waals surface area (Å²) < 4.78 is 5.12. The standard InChI is InChI=1S/C11H7Cl2NO2S/c1-6-14-9(5-17-6)11(15)16-10-7(12)3-2-4-8(10)13/h2-5H,1H3. The van der Waals surface area contributed by atoms with Gasteiger partial charge in [0.2, 0.25) is 0 Å². The van der Waals surface area contributed by atoms with Gasteiger partial charge in [0, 0.05) is 5.38 Å². The molecular weight excluding hydrogens is 281 g/mol. The van der Waals surface area contributed by atoms with Gasteiger partial charge in [-0.15, -0.1) is 11.3 Å². The Morgan fingerprint density at radius 3 is 2.53 bits per heavy atom. The predicted molar refractivity (Wildman–Crippen MR) is 68.3 cm³/mol. The number of aryl methyl sites for hydroxylation is 1. The third-order valence-electron chi connectivity index (χ3n) is 1.94. The Balaban J connectivity index is 2.24. The molecule has 2 aromatic rings. The molecule has 88 valence electrons. The fourth-order valence-electron chi connectivity index (χ4n) is 1.18. The van der Waals surface area contributed by atoms with Gasteiger partial charge in [-0.3, -0.25) is 0 Å². The summed E-state index contributed by atoms with van der Waals surface area (Å²) in [5, 5.41) is 3.00. The van der Waals surface area contributed by atoms with E-state index in [2.05, 4.69) is 4.98 Å². The number of thiazole rings is 1. The second-order valence-corrected chi connectivity index (χ2v) is 5.07. The lowest BCUT2D eigenvalue weighted by molar-refractivity contribution is 0.0729. The van der Waals surface area contributed by atoms with Gasteiger partial charge in [0.1, 0.15) is 0 Å². The minimum absolute atomic E-state index is 0.159. The quantitative estimate of drug-likeness (QED) is 0.620. The minimum Gasteiger partial charge on any atom is -0.419 e. The van der Waals surface area contributed by atoms with Gasteiger partial charge in [0.15, 0.2) is 11.4 Å². The van der Waals surface area contributed by atoms with Gasteiger partial charge in [-0.2, -0.15) is 0 Å². The van der Waals surface area contributed by atoms with Gasteiger partial charge in [-0.25, -0.2) is 9.78 Å². The molecular formula is C11H7Cl2NO2S. The highest BCUT2D eigenvalue weighted by Gasteiger charge is 2.16. The van der Waals surface area contributed by atoms with E-state index in [4.69, 9.17) is 27.9 Å². The van der Waals surface area contributed by atoms with Crippen LogP contribution in [-0.4, -0.2) is 11.0 Å². The number of esters is 1. The molecule has 0 amide bonds. The number of hydrogen-bond acceptors (Lipinski definition) is 4. The van der Waals surface area contributed by atoms with Crippen molar-refractivity contribution in [3.05, 3.63) is 44.3 Å². The number of para-hydroxylation sites is 1. The van der Waals surface area contributed by atoms with Crippen LogP contribution in [0, 0.1) is 6.92 Å². The van der Waals surface area contributed by atoms with Crippen molar-refractivity contribution in [1.82, 2.24) is 4.98 Å². The lowest BCUT2D eigenvalue weighted by atomic mass is 10.3. The lowest BCUT2D eigenvalue weighted by Gasteiger charge is -2.06. The molecule has 3 nitrogen and oxygen atoms in total. The van der Waals surface area contributed by atoms with E-state index in [1.54, 1.807) is 23.6 Å². The molecule has 1 heterocycles. The van der Waals surface area contributed by atoms with Crippen LogP contribution in [0.25, 0.3) is 0 Å². The first kappa shape index (κ1) is 12.4. The molecule has 0 N–H and O–H groups in total. The average Bonchev–Trinajstić information content (AvgIpc) is 2.70. The number of ether oxygens (including phenoxy) is 1. The van der Waals surface area contributed by atoms with Crippen molar-refractivity contribution in [2.24, 2.45) is 0 Å². The number of halogens is 2. The van der Waals surface area contributed by atoms with Crippen molar-refractivity contribution in [2.75, 3.05) is 0 Å². The predicted octanol–water partition coefficient (Wildman–Crippen LogP) is 3.98. The van der Waals surface area contributed by atoms with Crippen LogP contribution in [0.5, 0.6) is 5.75 Å². The van der Waals surface area contributed by atoms with Crippen LogP contribution in [0.2, 0.25) is 10.0 Å². The number of carbonyl (C=O) groups is 1. The van der Waals surface area contributed by atoms with Crippen LogP contribution in [-0.2, 0) is 0 Å². The van der Waals surface area contributed by atoms with Gasteiger partial charge in [-0.05, 0) is 19.1 Å². The number of rotatable bonds is 2. The van der Waals surface area contributed by atoms with E-state index in [9.17, 15) is 4.79 Å². The third kappa shape index (κ3) is 2.77. The number of benzene rings is 1. The molecule has 1 aromatic carbocycles.